The zero-order valence-electron chi connectivity index (χ0n) is 35.9. The number of aliphatic hydroxyl groups excluding tert-OH is 3. The number of hydrogen-bond donors (Lipinski definition) is 4. The quantitative estimate of drug-likeness (QED) is 0.0595. The summed E-state index contributed by atoms with van der Waals surface area (Å²) >= 11 is 0. The standard InChI is InChI=1S/C19H44N2O3Si2.C13H30O2Si2.C6H14N2O/c1-25(2,3)15-16-26(4,5)14-6-13-24-18-19(23)17-21-9-7-20(8-10-21)11-12-22;1-16(2,3)9-10-17(4,5)8-6-7-14-11-13-12-15-13;9-6-5-8-3-1-7-2-4-8/h19,22-23H,6-18H2,1-5H3;13H,6-12H2,1-5H3;7,9H,1-6H2. The number of ether oxygens (including phenoxy) is 3. The monoisotopic (exact) mass is 809 g/mol. The van der Waals surface area contributed by atoms with Crippen molar-refractivity contribution in [2.75, 3.05) is 118 Å². The molecule has 3 rings (SSSR count). The molecule has 0 aromatic heterocycles. The summed E-state index contributed by atoms with van der Waals surface area (Å²) in [6.45, 7) is 39.9. The third-order valence-electron chi connectivity index (χ3n) is 10.4. The van der Waals surface area contributed by atoms with Gasteiger partial charge in [0.2, 0.25) is 0 Å². The maximum atomic E-state index is 10.2. The molecule has 10 nitrogen and oxygen atoms in total. The Labute approximate surface area is 325 Å². The number of piperazine rings is 2. The fourth-order valence-corrected chi connectivity index (χ4v) is 20.5. The SMILES string of the molecule is C[Si](C)(C)CC[Si](C)(C)CCCOCC(O)CN1CCN(CCO)CC1.C[Si](C)(C)CC[Si](C)(C)CCCOCC1CO1.OCCN1CCNCC1. The van der Waals surface area contributed by atoms with Crippen molar-refractivity contribution in [3.8, 4) is 0 Å². The third-order valence-corrected chi connectivity index (χ3v) is 21.5. The molecule has 52 heavy (non-hydrogen) atoms. The van der Waals surface area contributed by atoms with Crippen LogP contribution in [0, 0.1) is 0 Å². The molecule has 0 aromatic rings. The molecule has 3 fully saturated rings. The van der Waals surface area contributed by atoms with E-state index < -0.39 is 38.4 Å². The van der Waals surface area contributed by atoms with E-state index in [2.05, 4.69) is 85.5 Å². The molecule has 3 saturated heterocycles. The molecule has 0 saturated carbocycles. The fourth-order valence-electron chi connectivity index (χ4n) is 6.34. The normalized spacial score (nSPS) is 20.1. The zero-order valence-corrected chi connectivity index (χ0v) is 39.9. The Hall–Kier alpha value is 0.468. The summed E-state index contributed by atoms with van der Waals surface area (Å²) in [7, 11) is -3.79. The van der Waals surface area contributed by atoms with Gasteiger partial charge in [-0.25, -0.2) is 0 Å². The Morgan fingerprint density at radius 1 is 0.635 bits per heavy atom. The second-order valence-electron chi connectivity index (χ2n) is 19.6. The van der Waals surface area contributed by atoms with E-state index in [0.29, 0.717) is 25.9 Å². The van der Waals surface area contributed by atoms with Crippen LogP contribution in [0.1, 0.15) is 12.8 Å². The Bertz CT molecular complexity index is 861. The van der Waals surface area contributed by atoms with Crippen LogP contribution in [-0.2, 0) is 14.2 Å². The first-order chi connectivity index (χ1) is 24.3. The minimum Gasteiger partial charge on any atom is -0.395 e. The first-order valence-electron chi connectivity index (χ1n) is 20.9. The molecule has 0 aromatic carbocycles. The van der Waals surface area contributed by atoms with Gasteiger partial charge in [-0.15, -0.1) is 0 Å². The lowest BCUT2D eigenvalue weighted by atomic mass is 10.2. The second-order valence-corrected chi connectivity index (χ2v) is 41.5. The number of aliphatic hydroxyl groups is 3. The van der Waals surface area contributed by atoms with Gasteiger partial charge in [-0.1, -0.05) is 102 Å². The van der Waals surface area contributed by atoms with Crippen LogP contribution in [0.15, 0.2) is 0 Å². The predicted octanol–water partition coefficient (Wildman–Crippen LogP) is 5.13. The average molecular weight is 809 g/mol. The van der Waals surface area contributed by atoms with Crippen molar-refractivity contribution in [1.82, 2.24) is 20.0 Å². The van der Waals surface area contributed by atoms with Crippen LogP contribution in [0.25, 0.3) is 0 Å². The molecule has 0 aliphatic carbocycles. The van der Waals surface area contributed by atoms with E-state index in [4.69, 9.17) is 24.4 Å². The summed E-state index contributed by atoms with van der Waals surface area (Å²) in [5.41, 5.74) is 0. The van der Waals surface area contributed by atoms with Gasteiger partial charge in [0.05, 0.1) is 39.1 Å². The minimum absolute atomic E-state index is 0.230. The molecule has 0 amide bonds. The van der Waals surface area contributed by atoms with Gasteiger partial charge in [-0.05, 0) is 12.8 Å². The van der Waals surface area contributed by atoms with E-state index >= 15 is 0 Å². The maximum absolute atomic E-state index is 10.2. The number of hydrogen-bond acceptors (Lipinski definition) is 10. The lowest BCUT2D eigenvalue weighted by molar-refractivity contribution is 0.00624. The van der Waals surface area contributed by atoms with Crippen LogP contribution in [0.2, 0.25) is 102 Å². The van der Waals surface area contributed by atoms with Gasteiger partial charge in [0.15, 0.2) is 0 Å². The number of nitrogens with zero attached hydrogens (tertiary/aromatic N) is 3. The summed E-state index contributed by atoms with van der Waals surface area (Å²) in [6.07, 6.45) is 2.42. The van der Waals surface area contributed by atoms with E-state index in [1.807, 2.05) is 0 Å². The van der Waals surface area contributed by atoms with Crippen molar-refractivity contribution >= 4 is 32.3 Å². The summed E-state index contributed by atoms with van der Waals surface area (Å²) in [6, 6.07) is 8.67. The molecular weight excluding hydrogens is 721 g/mol. The van der Waals surface area contributed by atoms with Gasteiger partial charge in [-0.3, -0.25) is 14.7 Å². The highest BCUT2D eigenvalue weighted by molar-refractivity contribution is 6.82. The average Bonchev–Trinajstić information content (AvgIpc) is 3.89. The smallest absolute Gasteiger partial charge is 0.104 e. The van der Waals surface area contributed by atoms with Crippen LogP contribution in [0.3, 0.4) is 0 Å². The molecule has 2 atom stereocenters. The van der Waals surface area contributed by atoms with E-state index in [1.165, 1.54) is 42.7 Å². The molecular formula is C38H88N4O6Si4. The third kappa shape index (κ3) is 30.7. The van der Waals surface area contributed by atoms with E-state index in [-0.39, 0.29) is 6.61 Å². The second kappa shape index (κ2) is 27.2. The number of epoxide rings is 1. The Balaban J connectivity index is 0.000000441. The summed E-state index contributed by atoms with van der Waals surface area (Å²) in [5, 5.41) is 31.0. The fraction of sp³-hybridized carbons (Fsp3) is 1.00. The molecule has 14 heteroatoms. The van der Waals surface area contributed by atoms with Crippen molar-refractivity contribution in [1.29, 1.82) is 0 Å². The van der Waals surface area contributed by atoms with Crippen LogP contribution in [0.4, 0.5) is 0 Å². The summed E-state index contributed by atoms with van der Waals surface area (Å²) < 4.78 is 16.5. The van der Waals surface area contributed by atoms with Crippen LogP contribution in [0.5, 0.6) is 0 Å². The van der Waals surface area contributed by atoms with Gasteiger partial charge in [0.1, 0.15) is 6.10 Å². The molecule has 3 heterocycles. The van der Waals surface area contributed by atoms with Crippen molar-refractivity contribution < 1.29 is 29.5 Å². The maximum Gasteiger partial charge on any atom is 0.104 e. The molecule has 3 aliphatic rings. The first-order valence-corrected chi connectivity index (χ1v) is 35.1. The highest BCUT2D eigenvalue weighted by Crippen LogP contribution is 2.25. The van der Waals surface area contributed by atoms with Gasteiger partial charge in [0, 0.05) is 118 Å². The summed E-state index contributed by atoms with van der Waals surface area (Å²) in [4.78, 5) is 6.83. The van der Waals surface area contributed by atoms with Crippen molar-refractivity contribution in [2.45, 2.75) is 127 Å². The number of β-amino-alcohol motifs (C(OH)–C–C–N with tert-alkyl or cyclic N) is 3. The van der Waals surface area contributed by atoms with Crippen LogP contribution < -0.4 is 5.32 Å². The van der Waals surface area contributed by atoms with E-state index in [0.717, 1.165) is 98.3 Å². The highest BCUT2D eigenvalue weighted by Gasteiger charge is 2.26. The van der Waals surface area contributed by atoms with Crippen molar-refractivity contribution in [2.24, 2.45) is 0 Å². The van der Waals surface area contributed by atoms with Crippen LogP contribution in [-0.4, -0.2) is 193 Å². The predicted molar refractivity (Wildman–Crippen MR) is 233 cm³/mol. The van der Waals surface area contributed by atoms with Gasteiger partial charge in [0.25, 0.3) is 0 Å². The zero-order chi connectivity index (χ0) is 39.1. The molecule has 2 unspecified atom stereocenters. The van der Waals surface area contributed by atoms with Crippen molar-refractivity contribution in [3.63, 3.8) is 0 Å². The summed E-state index contributed by atoms with van der Waals surface area (Å²) in [5.74, 6) is 0. The Kier molecular flexibility index (Phi) is 26.4. The lowest BCUT2D eigenvalue weighted by Gasteiger charge is -2.35. The molecule has 0 spiro atoms. The van der Waals surface area contributed by atoms with Crippen LogP contribution >= 0.6 is 0 Å². The lowest BCUT2D eigenvalue weighted by Crippen LogP contribution is -2.49. The highest BCUT2D eigenvalue weighted by atomic mass is 28.3. The largest absolute Gasteiger partial charge is 0.395 e. The van der Waals surface area contributed by atoms with Gasteiger partial charge < -0.3 is 34.8 Å². The molecule has 312 valence electrons. The number of nitrogens with one attached hydrogen (secondary N) is 1. The van der Waals surface area contributed by atoms with Gasteiger partial charge in [-0.2, -0.15) is 0 Å². The van der Waals surface area contributed by atoms with Crippen molar-refractivity contribution in [3.05, 3.63) is 0 Å². The van der Waals surface area contributed by atoms with E-state index in [9.17, 15) is 5.11 Å². The van der Waals surface area contributed by atoms with Gasteiger partial charge >= 0.3 is 0 Å². The molecule has 3 aliphatic heterocycles. The number of rotatable bonds is 24. The molecule has 0 bridgehead atoms. The topological polar surface area (TPSA) is 113 Å². The first kappa shape index (κ1) is 50.5. The molecule has 4 N–H and O–H groups in total. The minimum atomic E-state index is -1.08. The molecule has 0 radical (unpaired) electrons. The Morgan fingerprint density at radius 2 is 1.08 bits per heavy atom. The Morgan fingerprint density at radius 3 is 1.52 bits per heavy atom. The van der Waals surface area contributed by atoms with E-state index in [1.54, 1.807) is 0 Å².